The molecule has 0 bridgehead atoms. The Morgan fingerprint density at radius 3 is 2.69 bits per heavy atom. The van der Waals surface area contributed by atoms with Crippen LogP contribution < -0.4 is 5.32 Å². The predicted octanol–water partition coefficient (Wildman–Crippen LogP) is 2.30. The second-order valence-corrected chi connectivity index (χ2v) is 4.29. The average Bonchev–Trinajstić information content (AvgIpc) is 2.38. The molecule has 0 aromatic carbocycles. The van der Waals surface area contributed by atoms with E-state index in [9.17, 15) is 0 Å². The molecule has 1 fully saturated rings. The third-order valence-electron chi connectivity index (χ3n) is 3.17. The summed E-state index contributed by atoms with van der Waals surface area (Å²) in [5.41, 5.74) is 1.34. The number of ether oxygens (including phenoxy) is 1. The fraction of sp³-hybridized carbons (Fsp3) is 0.615. The molecule has 3 nitrogen and oxygen atoms in total. The smallest absolute Gasteiger partial charge is 0.0480 e. The van der Waals surface area contributed by atoms with Crippen LogP contribution in [0.25, 0.3) is 0 Å². The highest BCUT2D eigenvalue weighted by Crippen LogP contribution is 2.18. The molecule has 88 valence electrons. The van der Waals surface area contributed by atoms with E-state index < -0.39 is 0 Å². The molecule has 1 aliphatic heterocycles. The second kappa shape index (κ2) is 5.97. The van der Waals surface area contributed by atoms with Gasteiger partial charge >= 0.3 is 0 Å². The third-order valence-corrected chi connectivity index (χ3v) is 3.17. The van der Waals surface area contributed by atoms with Crippen molar-refractivity contribution in [2.45, 2.75) is 38.3 Å². The van der Waals surface area contributed by atoms with Crippen LogP contribution in [-0.4, -0.2) is 24.2 Å². The molecule has 2 rings (SSSR count). The molecule has 0 amide bonds. The molecule has 1 unspecified atom stereocenters. The Morgan fingerprint density at radius 2 is 2.06 bits per heavy atom. The highest BCUT2D eigenvalue weighted by molar-refractivity contribution is 5.15. The number of nitrogens with zero attached hydrogens (tertiary/aromatic N) is 1. The summed E-state index contributed by atoms with van der Waals surface area (Å²) < 4.78 is 5.37. The zero-order valence-corrected chi connectivity index (χ0v) is 9.86. The Morgan fingerprint density at radius 1 is 1.38 bits per heavy atom. The number of nitrogens with one attached hydrogen (secondary N) is 1. The van der Waals surface area contributed by atoms with Crippen molar-refractivity contribution in [2.75, 3.05) is 13.2 Å². The van der Waals surface area contributed by atoms with Gasteiger partial charge in [0.05, 0.1) is 0 Å². The summed E-state index contributed by atoms with van der Waals surface area (Å²) in [7, 11) is 0. The normalized spacial score (nSPS) is 19.6. The van der Waals surface area contributed by atoms with Gasteiger partial charge < -0.3 is 10.1 Å². The number of hydrogen-bond acceptors (Lipinski definition) is 3. The zero-order valence-electron chi connectivity index (χ0n) is 9.86. The van der Waals surface area contributed by atoms with Crippen LogP contribution in [0, 0.1) is 0 Å². The molecule has 0 spiro atoms. The molecule has 1 saturated heterocycles. The molecule has 16 heavy (non-hydrogen) atoms. The van der Waals surface area contributed by atoms with E-state index in [2.05, 4.69) is 29.4 Å². The molecular formula is C13H20N2O. The number of pyridine rings is 1. The van der Waals surface area contributed by atoms with Gasteiger partial charge in [0.25, 0.3) is 0 Å². The van der Waals surface area contributed by atoms with Gasteiger partial charge in [0.1, 0.15) is 0 Å². The summed E-state index contributed by atoms with van der Waals surface area (Å²) in [5, 5.41) is 3.71. The SMILES string of the molecule is CCC(NC1CCOCC1)c1ccncc1. The van der Waals surface area contributed by atoms with Gasteiger partial charge in [-0.25, -0.2) is 0 Å². The summed E-state index contributed by atoms with van der Waals surface area (Å²) in [4.78, 5) is 4.06. The molecule has 0 saturated carbocycles. The lowest BCUT2D eigenvalue weighted by Gasteiger charge is -2.28. The Labute approximate surface area is 97.2 Å². The zero-order chi connectivity index (χ0) is 11.2. The molecular weight excluding hydrogens is 200 g/mol. The third kappa shape index (κ3) is 3.03. The standard InChI is InChI=1S/C13H20N2O/c1-2-13(11-3-7-14-8-4-11)15-12-5-9-16-10-6-12/h3-4,7-8,12-13,15H,2,5-6,9-10H2,1H3. The predicted molar refractivity (Wildman–Crippen MR) is 64.2 cm³/mol. The summed E-state index contributed by atoms with van der Waals surface area (Å²) in [6, 6.07) is 5.25. The molecule has 1 aromatic rings. The fourth-order valence-electron chi connectivity index (χ4n) is 2.19. The van der Waals surface area contributed by atoms with Crippen LogP contribution in [-0.2, 0) is 4.74 Å². The van der Waals surface area contributed by atoms with Crippen LogP contribution in [0.1, 0.15) is 37.8 Å². The Bertz CT molecular complexity index is 296. The van der Waals surface area contributed by atoms with Gasteiger partial charge in [0, 0.05) is 37.7 Å². The van der Waals surface area contributed by atoms with Crippen molar-refractivity contribution < 1.29 is 4.74 Å². The Balaban J connectivity index is 1.94. The van der Waals surface area contributed by atoms with Crippen molar-refractivity contribution in [3.05, 3.63) is 30.1 Å². The largest absolute Gasteiger partial charge is 0.381 e. The highest BCUT2D eigenvalue weighted by atomic mass is 16.5. The van der Waals surface area contributed by atoms with Crippen molar-refractivity contribution in [2.24, 2.45) is 0 Å². The maximum Gasteiger partial charge on any atom is 0.0480 e. The Hall–Kier alpha value is -0.930. The van der Waals surface area contributed by atoms with E-state index in [-0.39, 0.29) is 0 Å². The van der Waals surface area contributed by atoms with E-state index in [4.69, 9.17) is 4.74 Å². The molecule has 0 aliphatic carbocycles. The average molecular weight is 220 g/mol. The van der Waals surface area contributed by atoms with Gasteiger partial charge in [-0.3, -0.25) is 4.98 Å². The first-order valence-corrected chi connectivity index (χ1v) is 6.14. The van der Waals surface area contributed by atoms with Gasteiger partial charge in [-0.2, -0.15) is 0 Å². The number of rotatable bonds is 4. The summed E-state index contributed by atoms with van der Waals surface area (Å²) in [6.45, 7) is 4.01. The maximum absolute atomic E-state index is 5.37. The fourth-order valence-corrected chi connectivity index (χ4v) is 2.19. The molecule has 0 radical (unpaired) electrons. The molecule has 1 N–H and O–H groups in total. The van der Waals surface area contributed by atoms with Gasteiger partial charge in [-0.15, -0.1) is 0 Å². The minimum Gasteiger partial charge on any atom is -0.381 e. The van der Waals surface area contributed by atoms with Crippen LogP contribution in [0.2, 0.25) is 0 Å². The lowest BCUT2D eigenvalue weighted by molar-refractivity contribution is 0.0746. The topological polar surface area (TPSA) is 34.1 Å². The van der Waals surface area contributed by atoms with E-state index >= 15 is 0 Å². The van der Waals surface area contributed by atoms with Crippen LogP contribution in [0.4, 0.5) is 0 Å². The van der Waals surface area contributed by atoms with Gasteiger partial charge in [-0.1, -0.05) is 6.92 Å². The number of aromatic nitrogens is 1. The lowest BCUT2D eigenvalue weighted by atomic mass is 10.0. The Kier molecular flexibility index (Phi) is 4.31. The second-order valence-electron chi connectivity index (χ2n) is 4.29. The first kappa shape index (κ1) is 11.6. The minimum atomic E-state index is 0.450. The first-order valence-electron chi connectivity index (χ1n) is 6.14. The van der Waals surface area contributed by atoms with Gasteiger partial charge in [-0.05, 0) is 37.0 Å². The van der Waals surface area contributed by atoms with Crippen molar-refractivity contribution >= 4 is 0 Å². The van der Waals surface area contributed by atoms with Crippen LogP contribution in [0.15, 0.2) is 24.5 Å². The first-order chi connectivity index (χ1) is 7.90. The molecule has 1 atom stereocenters. The minimum absolute atomic E-state index is 0.450. The van der Waals surface area contributed by atoms with E-state index in [0.717, 1.165) is 32.5 Å². The van der Waals surface area contributed by atoms with Gasteiger partial charge in [0.15, 0.2) is 0 Å². The molecule has 1 aliphatic rings. The molecule has 2 heterocycles. The number of hydrogen-bond donors (Lipinski definition) is 1. The molecule has 3 heteroatoms. The monoisotopic (exact) mass is 220 g/mol. The van der Waals surface area contributed by atoms with Gasteiger partial charge in [0.2, 0.25) is 0 Å². The van der Waals surface area contributed by atoms with Crippen molar-refractivity contribution in [3.63, 3.8) is 0 Å². The van der Waals surface area contributed by atoms with E-state index in [1.165, 1.54) is 5.56 Å². The summed E-state index contributed by atoms with van der Waals surface area (Å²) in [6.07, 6.45) is 7.10. The van der Waals surface area contributed by atoms with E-state index in [1.807, 2.05) is 12.4 Å². The van der Waals surface area contributed by atoms with E-state index in [1.54, 1.807) is 0 Å². The molecule has 1 aromatic heterocycles. The quantitative estimate of drug-likeness (QED) is 0.845. The van der Waals surface area contributed by atoms with Crippen LogP contribution in [0.5, 0.6) is 0 Å². The maximum atomic E-state index is 5.37. The van der Waals surface area contributed by atoms with Crippen molar-refractivity contribution in [1.29, 1.82) is 0 Å². The highest BCUT2D eigenvalue weighted by Gasteiger charge is 2.17. The van der Waals surface area contributed by atoms with Crippen LogP contribution >= 0.6 is 0 Å². The van der Waals surface area contributed by atoms with Crippen LogP contribution in [0.3, 0.4) is 0 Å². The summed E-state index contributed by atoms with van der Waals surface area (Å²) >= 11 is 0. The lowest BCUT2D eigenvalue weighted by Crippen LogP contribution is -2.37. The van der Waals surface area contributed by atoms with Crippen molar-refractivity contribution in [1.82, 2.24) is 10.3 Å². The van der Waals surface area contributed by atoms with Crippen molar-refractivity contribution in [3.8, 4) is 0 Å². The van der Waals surface area contributed by atoms with E-state index in [0.29, 0.717) is 12.1 Å². The summed E-state index contributed by atoms with van der Waals surface area (Å²) in [5.74, 6) is 0.